The van der Waals surface area contributed by atoms with E-state index in [-0.39, 0.29) is 5.97 Å². The quantitative estimate of drug-likeness (QED) is 0.673. The Morgan fingerprint density at radius 2 is 1.74 bits per heavy atom. The molecule has 0 saturated carbocycles. The van der Waals surface area contributed by atoms with Crippen molar-refractivity contribution in [1.29, 1.82) is 0 Å². The van der Waals surface area contributed by atoms with Crippen LogP contribution >= 0.6 is 0 Å². The first-order chi connectivity index (χ1) is 9.22. The Labute approximate surface area is 112 Å². The number of rotatable bonds is 4. The molecule has 0 heterocycles. The third-order valence-corrected chi connectivity index (χ3v) is 2.75. The van der Waals surface area contributed by atoms with Crippen LogP contribution < -0.4 is 10.5 Å². The Morgan fingerprint density at radius 1 is 1.11 bits per heavy atom. The van der Waals surface area contributed by atoms with Crippen LogP contribution in [0, 0.1) is 0 Å². The highest BCUT2D eigenvalue weighted by Gasteiger charge is 2.08. The molecule has 0 unspecified atom stereocenters. The number of hydrogen-bond donors (Lipinski definition) is 1. The third kappa shape index (κ3) is 3.30. The molecule has 0 atom stereocenters. The minimum Gasteiger partial charge on any atom is -0.423 e. The molecule has 0 bridgehead atoms. The molecule has 0 aromatic heterocycles. The second-order valence-electron chi connectivity index (χ2n) is 4.06. The van der Waals surface area contributed by atoms with Crippen molar-refractivity contribution in [1.82, 2.24) is 0 Å². The van der Waals surface area contributed by atoms with Crippen molar-refractivity contribution in [2.75, 3.05) is 0 Å². The van der Waals surface area contributed by atoms with Gasteiger partial charge in [-0.2, -0.15) is 0 Å². The molecule has 2 aromatic carbocycles. The van der Waals surface area contributed by atoms with Crippen molar-refractivity contribution in [2.24, 2.45) is 5.73 Å². The summed E-state index contributed by atoms with van der Waals surface area (Å²) in [5, 5.41) is 0. The molecule has 0 saturated heterocycles. The van der Waals surface area contributed by atoms with E-state index in [1.165, 1.54) is 0 Å². The molecule has 0 aliphatic rings. The molecule has 0 fully saturated rings. The first-order valence-electron chi connectivity index (χ1n) is 5.96. The SMILES string of the molecule is C=Cc1ccc(OC(=O)c2ccc(CN)cc2)cc1. The van der Waals surface area contributed by atoms with Crippen molar-refractivity contribution < 1.29 is 9.53 Å². The van der Waals surface area contributed by atoms with Crippen LogP contribution in [-0.2, 0) is 6.54 Å². The van der Waals surface area contributed by atoms with E-state index in [2.05, 4.69) is 6.58 Å². The number of ether oxygens (including phenoxy) is 1. The number of benzene rings is 2. The van der Waals surface area contributed by atoms with Gasteiger partial charge in [0, 0.05) is 6.54 Å². The van der Waals surface area contributed by atoms with Gasteiger partial charge in [-0.1, -0.05) is 36.9 Å². The zero-order chi connectivity index (χ0) is 13.7. The average Bonchev–Trinajstić information content (AvgIpc) is 2.48. The Balaban J connectivity index is 2.08. The summed E-state index contributed by atoms with van der Waals surface area (Å²) in [5.74, 6) is 0.133. The van der Waals surface area contributed by atoms with E-state index in [0.717, 1.165) is 11.1 Å². The highest BCUT2D eigenvalue weighted by atomic mass is 16.5. The molecule has 19 heavy (non-hydrogen) atoms. The first-order valence-corrected chi connectivity index (χ1v) is 5.96. The van der Waals surface area contributed by atoms with Crippen LogP contribution in [0.1, 0.15) is 21.5 Å². The van der Waals surface area contributed by atoms with E-state index in [1.807, 2.05) is 24.3 Å². The number of hydrogen-bond acceptors (Lipinski definition) is 3. The molecule has 3 heteroatoms. The molecule has 96 valence electrons. The van der Waals surface area contributed by atoms with Crippen LogP contribution in [0.3, 0.4) is 0 Å². The van der Waals surface area contributed by atoms with Crippen molar-refractivity contribution in [3.63, 3.8) is 0 Å². The van der Waals surface area contributed by atoms with Crippen molar-refractivity contribution in [3.05, 3.63) is 71.8 Å². The number of carbonyl (C=O) groups is 1. The van der Waals surface area contributed by atoms with Gasteiger partial charge in [0.2, 0.25) is 0 Å². The largest absolute Gasteiger partial charge is 0.423 e. The van der Waals surface area contributed by atoms with Gasteiger partial charge in [0.25, 0.3) is 0 Å². The Morgan fingerprint density at radius 3 is 2.26 bits per heavy atom. The maximum absolute atomic E-state index is 11.9. The summed E-state index contributed by atoms with van der Waals surface area (Å²) in [6.07, 6.45) is 1.73. The zero-order valence-corrected chi connectivity index (χ0v) is 10.5. The highest BCUT2D eigenvalue weighted by molar-refractivity contribution is 5.91. The monoisotopic (exact) mass is 253 g/mol. The van der Waals surface area contributed by atoms with E-state index < -0.39 is 0 Å². The fourth-order valence-corrected chi connectivity index (χ4v) is 1.61. The minimum atomic E-state index is -0.380. The summed E-state index contributed by atoms with van der Waals surface area (Å²) in [5.41, 5.74) is 7.96. The first kappa shape index (κ1) is 13.1. The normalized spacial score (nSPS) is 9.95. The van der Waals surface area contributed by atoms with Crippen LogP contribution in [-0.4, -0.2) is 5.97 Å². The minimum absolute atomic E-state index is 0.380. The van der Waals surface area contributed by atoms with Gasteiger partial charge in [-0.05, 0) is 35.4 Å². The summed E-state index contributed by atoms with van der Waals surface area (Å²) in [6.45, 7) is 4.12. The van der Waals surface area contributed by atoms with E-state index in [0.29, 0.717) is 17.9 Å². The van der Waals surface area contributed by atoms with Crippen LogP contribution in [0.25, 0.3) is 6.08 Å². The van der Waals surface area contributed by atoms with Gasteiger partial charge in [0.05, 0.1) is 5.56 Å². The summed E-state index contributed by atoms with van der Waals surface area (Å²) in [4.78, 5) is 11.9. The van der Waals surface area contributed by atoms with E-state index >= 15 is 0 Å². The maximum Gasteiger partial charge on any atom is 0.343 e. The number of esters is 1. The standard InChI is InChI=1S/C16H15NO2/c1-2-12-5-9-15(10-6-12)19-16(18)14-7-3-13(11-17)4-8-14/h2-10H,1,11,17H2. The van der Waals surface area contributed by atoms with Crippen LogP contribution in [0.15, 0.2) is 55.1 Å². The molecule has 0 radical (unpaired) electrons. The Kier molecular flexibility index (Phi) is 4.11. The molecule has 0 amide bonds. The predicted molar refractivity (Wildman–Crippen MR) is 75.8 cm³/mol. The molecule has 3 nitrogen and oxygen atoms in total. The lowest BCUT2D eigenvalue weighted by Crippen LogP contribution is -2.08. The molecule has 2 rings (SSSR count). The molecular formula is C16H15NO2. The van der Waals surface area contributed by atoms with Crippen LogP contribution in [0.2, 0.25) is 0 Å². The second-order valence-corrected chi connectivity index (χ2v) is 4.06. The van der Waals surface area contributed by atoms with Gasteiger partial charge in [-0.15, -0.1) is 0 Å². The van der Waals surface area contributed by atoms with Crippen LogP contribution in [0.4, 0.5) is 0 Å². The number of carbonyl (C=O) groups excluding carboxylic acids is 1. The predicted octanol–water partition coefficient (Wildman–Crippen LogP) is 3.01. The molecule has 0 spiro atoms. The van der Waals surface area contributed by atoms with E-state index in [1.54, 1.807) is 30.3 Å². The lowest BCUT2D eigenvalue weighted by atomic mass is 10.1. The van der Waals surface area contributed by atoms with Gasteiger partial charge < -0.3 is 10.5 Å². The van der Waals surface area contributed by atoms with Crippen molar-refractivity contribution in [2.45, 2.75) is 6.54 Å². The Hall–Kier alpha value is -2.39. The Bertz CT molecular complexity index is 571. The smallest absolute Gasteiger partial charge is 0.343 e. The van der Waals surface area contributed by atoms with Gasteiger partial charge in [-0.3, -0.25) is 0 Å². The molecule has 2 N–H and O–H groups in total. The fraction of sp³-hybridized carbons (Fsp3) is 0.0625. The lowest BCUT2D eigenvalue weighted by Gasteiger charge is -2.05. The molecule has 0 aliphatic carbocycles. The zero-order valence-electron chi connectivity index (χ0n) is 10.5. The van der Waals surface area contributed by atoms with Gasteiger partial charge in [-0.25, -0.2) is 4.79 Å². The molecular weight excluding hydrogens is 238 g/mol. The van der Waals surface area contributed by atoms with Gasteiger partial charge >= 0.3 is 5.97 Å². The maximum atomic E-state index is 11.9. The van der Waals surface area contributed by atoms with Gasteiger partial charge in [0.1, 0.15) is 5.75 Å². The molecule has 2 aromatic rings. The van der Waals surface area contributed by atoms with Gasteiger partial charge in [0.15, 0.2) is 0 Å². The highest BCUT2D eigenvalue weighted by Crippen LogP contribution is 2.15. The average molecular weight is 253 g/mol. The summed E-state index contributed by atoms with van der Waals surface area (Å²) < 4.78 is 5.27. The van der Waals surface area contributed by atoms with E-state index in [4.69, 9.17) is 10.5 Å². The third-order valence-electron chi connectivity index (χ3n) is 2.75. The molecule has 0 aliphatic heterocycles. The lowest BCUT2D eigenvalue weighted by molar-refractivity contribution is 0.0735. The van der Waals surface area contributed by atoms with Crippen LogP contribution in [0.5, 0.6) is 5.75 Å². The summed E-state index contributed by atoms with van der Waals surface area (Å²) in [6, 6.07) is 14.2. The topological polar surface area (TPSA) is 52.3 Å². The summed E-state index contributed by atoms with van der Waals surface area (Å²) >= 11 is 0. The van der Waals surface area contributed by atoms with Crippen molar-refractivity contribution >= 4 is 12.0 Å². The van der Waals surface area contributed by atoms with Crippen molar-refractivity contribution in [3.8, 4) is 5.75 Å². The second kappa shape index (κ2) is 5.98. The number of nitrogens with two attached hydrogens (primary N) is 1. The summed E-state index contributed by atoms with van der Waals surface area (Å²) in [7, 11) is 0. The fourth-order valence-electron chi connectivity index (χ4n) is 1.61. The van der Waals surface area contributed by atoms with E-state index in [9.17, 15) is 4.79 Å².